The van der Waals surface area contributed by atoms with Crippen molar-refractivity contribution in [1.82, 2.24) is 19.8 Å². The number of amides is 1. The van der Waals surface area contributed by atoms with E-state index in [4.69, 9.17) is 4.42 Å². The molecule has 0 atom stereocenters. The van der Waals surface area contributed by atoms with Gasteiger partial charge in [0.1, 0.15) is 6.26 Å². The number of aromatic nitrogens is 2. The van der Waals surface area contributed by atoms with Gasteiger partial charge in [-0.1, -0.05) is 24.3 Å². The predicted octanol–water partition coefficient (Wildman–Crippen LogP) is 2.62. The van der Waals surface area contributed by atoms with Gasteiger partial charge in [-0.2, -0.15) is 0 Å². The van der Waals surface area contributed by atoms with E-state index in [-0.39, 0.29) is 12.3 Å². The lowest BCUT2D eigenvalue weighted by Gasteiger charge is -2.34. The summed E-state index contributed by atoms with van der Waals surface area (Å²) in [6.07, 6.45) is 3.67. The fourth-order valence-electron chi connectivity index (χ4n) is 3.24. The standard InChI is InChI=1S/C21H22N4O2/c26-20(14-19-16-27-21(23-19)17-6-2-1-3-7-17)25-12-10-24(11-13-25)15-18-8-4-5-9-22-18/h1-9,16H,10-15H2. The molecule has 1 saturated heterocycles. The van der Waals surface area contributed by atoms with Gasteiger partial charge >= 0.3 is 0 Å². The zero-order valence-electron chi connectivity index (χ0n) is 15.1. The average molecular weight is 362 g/mol. The smallest absolute Gasteiger partial charge is 0.228 e. The van der Waals surface area contributed by atoms with E-state index in [1.807, 2.05) is 59.6 Å². The van der Waals surface area contributed by atoms with Gasteiger partial charge in [-0.15, -0.1) is 0 Å². The van der Waals surface area contributed by atoms with Crippen LogP contribution in [0.2, 0.25) is 0 Å². The third kappa shape index (κ3) is 4.41. The van der Waals surface area contributed by atoms with Crippen molar-refractivity contribution in [2.45, 2.75) is 13.0 Å². The molecule has 0 radical (unpaired) electrons. The lowest BCUT2D eigenvalue weighted by molar-refractivity contribution is -0.132. The average Bonchev–Trinajstić information content (AvgIpc) is 3.18. The van der Waals surface area contributed by atoms with Crippen LogP contribution in [0.5, 0.6) is 0 Å². The SMILES string of the molecule is O=C(Cc1coc(-c2ccccc2)n1)N1CCN(Cc2ccccn2)CC1. The monoisotopic (exact) mass is 362 g/mol. The molecular weight excluding hydrogens is 340 g/mol. The van der Waals surface area contributed by atoms with Gasteiger partial charge < -0.3 is 9.32 Å². The third-order valence-corrected chi connectivity index (χ3v) is 4.74. The molecule has 2 aromatic heterocycles. The summed E-state index contributed by atoms with van der Waals surface area (Å²) < 4.78 is 5.53. The molecule has 1 fully saturated rings. The van der Waals surface area contributed by atoms with Crippen LogP contribution < -0.4 is 0 Å². The quantitative estimate of drug-likeness (QED) is 0.698. The van der Waals surface area contributed by atoms with Crippen LogP contribution in [-0.2, 0) is 17.8 Å². The first-order chi connectivity index (χ1) is 13.3. The molecule has 1 aliphatic rings. The van der Waals surface area contributed by atoms with Crippen molar-refractivity contribution in [2.24, 2.45) is 0 Å². The molecule has 3 aromatic rings. The zero-order valence-corrected chi connectivity index (χ0v) is 15.1. The molecular formula is C21H22N4O2. The van der Waals surface area contributed by atoms with E-state index in [0.717, 1.165) is 44.0 Å². The van der Waals surface area contributed by atoms with Gasteiger partial charge in [0.05, 0.1) is 17.8 Å². The minimum Gasteiger partial charge on any atom is -0.444 e. The highest BCUT2D eigenvalue weighted by molar-refractivity contribution is 5.78. The summed E-state index contributed by atoms with van der Waals surface area (Å²) in [7, 11) is 0. The summed E-state index contributed by atoms with van der Waals surface area (Å²) >= 11 is 0. The van der Waals surface area contributed by atoms with E-state index in [1.165, 1.54) is 0 Å². The second-order valence-electron chi connectivity index (χ2n) is 6.66. The van der Waals surface area contributed by atoms with Crippen LogP contribution in [0.4, 0.5) is 0 Å². The Labute approximate surface area is 158 Å². The first-order valence-electron chi connectivity index (χ1n) is 9.18. The third-order valence-electron chi connectivity index (χ3n) is 4.74. The molecule has 27 heavy (non-hydrogen) atoms. The second-order valence-corrected chi connectivity index (χ2v) is 6.66. The number of hydrogen-bond acceptors (Lipinski definition) is 5. The van der Waals surface area contributed by atoms with Crippen molar-refractivity contribution in [1.29, 1.82) is 0 Å². The molecule has 0 bridgehead atoms. The van der Waals surface area contributed by atoms with Crippen LogP contribution in [0, 0.1) is 0 Å². The molecule has 138 valence electrons. The molecule has 0 N–H and O–H groups in total. The predicted molar refractivity (Wildman–Crippen MR) is 102 cm³/mol. The normalized spacial score (nSPS) is 15.0. The van der Waals surface area contributed by atoms with E-state index in [9.17, 15) is 4.79 Å². The Morgan fingerprint density at radius 2 is 1.74 bits per heavy atom. The van der Waals surface area contributed by atoms with Crippen molar-refractivity contribution in [3.8, 4) is 11.5 Å². The molecule has 0 saturated carbocycles. The lowest BCUT2D eigenvalue weighted by Crippen LogP contribution is -2.48. The number of oxazole rings is 1. The van der Waals surface area contributed by atoms with E-state index >= 15 is 0 Å². The molecule has 1 aromatic carbocycles. The van der Waals surface area contributed by atoms with Gasteiger partial charge in [0.15, 0.2) is 0 Å². The van der Waals surface area contributed by atoms with Crippen LogP contribution >= 0.6 is 0 Å². The van der Waals surface area contributed by atoms with Crippen molar-refractivity contribution in [2.75, 3.05) is 26.2 Å². The highest BCUT2D eigenvalue weighted by Crippen LogP contribution is 2.18. The second kappa shape index (κ2) is 8.14. The summed E-state index contributed by atoms with van der Waals surface area (Å²) in [6, 6.07) is 15.7. The van der Waals surface area contributed by atoms with Crippen molar-refractivity contribution >= 4 is 5.91 Å². The summed E-state index contributed by atoms with van der Waals surface area (Å²) in [5, 5.41) is 0. The Bertz CT molecular complexity index is 871. The van der Waals surface area contributed by atoms with Gasteiger partial charge in [0.2, 0.25) is 11.8 Å². The highest BCUT2D eigenvalue weighted by Gasteiger charge is 2.22. The van der Waals surface area contributed by atoms with Crippen LogP contribution in [0.3, 0.4) is 0 Å². The molecule has 4 rings (SSSR count). The van der Waals surface area contributed by atoms with E-state index in [2.05, 4.69) is 14.9 Å². The number of piperazine rings is 1. The van der Waals surface area contributed by atoms with Gasteiger partial charge in [-0.3, -0.25) is 14.7 Å². The van der Waals surface area contributed by atoms with Gasteiger partial charge in [-0.25, -0.2) is 4.98 Å². The van der Waals surface area contributed by atoms with Gasteiger partial charge in [0.25, 0.3) is 0 Å². The van der Waals surface area contributed by atoms with E-state index in [0.29, 0.717) is 11.6 Å². The molecule has 0 aliphatic carbocycles. The zero-order chi connectivity index (χ0) is 18.5. The topological polar surface area (TPSA) is 62.5 Å². The number of nitrogens with zero attached hydrogens (tertiary/aromatic N) is 4. The first kappa shape index (κ1) is 17.4. The van der Waals surface area contributed by atoms with Crippen molar-refractivity contribution in [3.05, 3.63) is 72.4 Å². The van der Waals surface area contributed by atoms with Crippen LogP contribution in [0.25, 0.3) is 11.5 Å². The molecule has 6 heteroatoms. The van der Waals surface area contributed by atoms with E-state index < -0.39 is 0 Å². The van der Waals surface area contributed by atoms with Crippen molar-refractivity contribution < 1.29 is 9.21 Å². The number of benzene rings is 1. The van der Waals surface area contributed by atoms with Crippen molar-refractivity contribution in [3.63, 3.8) is 0 Å². The highest BCUT2D eigenvalue weighted by atomic mass is 16.3. The molecule has 1 amide bonds. The molecule has 0 unspecified atom stereocenters. The number of rotatable bonds is 5. The van der Waals surface area contributed by atoms with E-state index in [1.54, 1.807) is 6.26 Å². The molecule has 1 aliphatic heterocycles. The Hall–Kier alpha value is -2.99. The lowest BCUT2D eigenvalue weighted by atomic mass is 10.2. The van der Waals surface area contributed by atoms with Crippen LogP contribution in [0.15, 0.2) is 65.4 Å². The Balaban J connectivity index is 1.29. The summed E-state index contributed by atoms with van der Waals surface area (Å²) in [4.78, 5) is 25.7. The minimum atomic E-state index is 0.0976. The summed E-state index contributed by atoms with van der Waals surface area (Å²) in [5.74, 6) is 0.652. The fourth-order valence-corrected chi connectivity index (χ4v) is 3.24. The van der Waals surface area contributed by atoms with Crippen LogP contribution in [0.1, 0.15) is 11.4 Å². The number of carbonyl (C=O) groups excluding carboxylic acids is 1. The Kier molecular flexibility index (Phi) is 5.25. The maximum absolute atomic E-state index is 12.6. The molecule has 6 nitrogen and oxygen atoms in total. The number of carbonyl (C=O) groups is 1. The minimum absolute atomic E-state index is 0.0976. The maximum Gasteiger partial charge on any atom is 0.228 e. The van der Waals surface area contributed by atoms with Crippen LogP contribution in [-0.4, -0.2) is 51.9 Å². The summed E-state index contributed by atoms with van der Waals surface area (Å²) in [5.41, 5.74) is 2.66. The summed E-state index contributed by atoms with van der Waals surface area (Å²) in [6.45, 7) is 4.00. The van der Waals surface area contributed by atoms with Gasteiger partial charge in [0, 0.05) is 44.5 Å². The number of hydrogen-bond donors (Lipinski definition) is 0. The maximum atomic E-state index is 12.6. The largest absolute Gasteiger partial charge is 0.444 e. The Morgan fingerprint density at radius 1 is 0.963 bits per heavy atom. The van der Waals surface area contributed by atoms with Gasteiger partial charge in [-0.05, 0) is 24.3 Å². The fraction of sp³-hybridized carbons (Fsp3) is 0.286. The first-order valence-corrected chi connectivity index (χ1v) is 9.18. The Morgan fingerprint density at radius 3 is 2.48 bits per heavy atom. The molecule has 0 spiro atoms. The molecule has 3 heterocycles. The number of pyridine rings is 1.